The summed E-state index contributed by atoms with van der Waals surface area (Å²) in [5, 5.41) is 2.48. The maximum atomic E-state index is 12.5. The van der Waals surface area contributed by atoms with E-state index in [2.05, 4.69) is 10.3 Å². The van der Waals surface area contributed by atoms with Crippen LogP contribution in [0.5, 0.6) is 0 Å². The van der Waals surface area contributed by atoms with E-state index in [1.54, 1.807) is 18.2 Å². The van der Waals surface area contributed by atoms with Crippen LogP contribution in [0.25, 0.3) is 0 Å². The molecule has 0 unspecified atom stereocenters. The first-order valence-corrected chi connectivity index (χ1v) is 8.79. The van der Waals surface area contributed by atoms with Crippen molar-refractivity contribution >= 4 is 15.9 Å². The van der Waals surface area contributed by atoms with Gasteiger partial charge in [-0.05, 0) is 23.8 Å². The topological polar surface area (TPSA) is 79.4 Å². The predicted molar refractivity (Wildman–Crippen MR) is 87.7 cm³/mol. The molecule has 10 heteroatoms. The van der Waals surface area contributed by atoms with Crippen LogP contribution in [-0.2, 0) is 22.7 Å². The number of halogens is 3. The van der Waals surface area contributed by atoms with Gasteiger partial charge in [-0.1, -0.05) is 18.2 Å². The average molecular weight is 387 g/mol. The van der Waals surface area contributed by atoms with Crippen LogP contribution in [0, 0.1) is 0 Å². The Labute approximate surface area is 148 Å². The molecule has 0 aliphatic heterocycles. The van der Waals surface area contributed by atoms with Crippen molar-refractivity contribution in [1.82, 2.24) is 14.6 Å². The zero-order valence-corrected chi connectivity index (χ0v) is 14.7. The van der Waals surface area contributed by atoms with E-state index in [0.717, 1.165) is 16.6 Å². The number of pyridine rings is 1. The molecule has 0 spiro atoms. The number of rotatable bonds is 5. The lowest BCUT2D eigenvalue weighted by Gasteiger charge is -2.15. The second-order valence-corrected chi connectivity index (χ2v) is 7.63. The summed E-state index contributed by atoms with van der Waals surface area (Å²) in [5.74, 6) is -0.664. The lowest BCUT2D eigenvalue weighted by molar-refractivity contribution is -0.141. The summed E-state index contributed by atoms with van der Waals surface area (Å²) in [6.07, 6.45) is -3.77. The molecular weight excluding hydrogens is 371 g/mol. The molecule has 6 nitrogen and oxygen atoms in total. The molecule has 0 saturated heterocycles. The molecule has 1 aromatic carbocycles. The zero-order chi connectivity index (χ0) is 19.5. The Hall–Kier alpha value is -2.46. The number of nitrogens with zero attached hydrogens (tertiary/aromatic N) is 2. The predicted octanol–water partition coefficient (Wildman–Crippen LogP) is 2.28. The Balaban J connectivity index is 2.16. The molecular formula is C16H16F3N3O3S. The van der Waals surface area contributed by atoms with Crippen molar-refractivity contribution in [3.05, 3.63) is 59.4 Å². The fourth-order valence-electron chi connectivity index (χ4n) is 2.07. The third-order valence-corrected chi connectivity index (χ3v) is 5.40. The van der Waals surface area contributed by atoms with E-state index < -0.39 is 27.8 Å². The van der Waals surface area contributed by atoms with Crippen molar-refractivity contribution in [1.29, 1.82) is 0 Å². The largest absolute Gasteiger partial charge is 0.433 e. The number of amides is 1. The highest BCUT2D eigenvalue weighted by atomic mass is 32.2. The molecule has 26 heavy (non-hydrogen) atoms. The lowest BCUT2D eigenvalue weighted by Crippen LogP contribution is -2.27. The van der Waals surface area contributed by atoms with Crippen LogP contribution in [0.4, 0.5) is 13.2 Å². The summed E-state index contributed by atoms with van der Waals surface area (Å²) in [4.78, 5) is 15.3. The number of hydrogen-bond donors (Lipinski definition) is 1. The normalized spacial score (nSPS) is 12.2. The van der Waals surface area contributed by atoms with Crippen LogP contribution >= 0.6 is 0 Å². The Kier molecular flexibility index (Phi) is 5.67. The summed E-state index contributed by atoms with van der Waals surface area (Å²) in [5.41, 5.74) is -0.808. The molecule has 0 radical (unpaired) electrons. The van der Waals surface area contributed by atoms with Gasteiger partial charge < -0.3 is 5.32 Å². The molecule has 140 valence electrons. The molecule has 0 aliphatic carbocycles. The van der Waals surface area contributed by atoms with Crippen molar-refractivity contribution in [3.63, 3.8) is 0 Å². The summed E-state index contributed by atoms with van der Waals surface area (Å²) >= 11 is 0. The van der Waals surface area contributed by atoms with Crippen molar-refractivity contribution in [3.8, 4) is 0 Å². The Morgan fingerprint density at radius 3 is 2.35 bits per heavy atom. The summed E-state index contributed by atoms with van der Waals surface area (Å²) in [6, 6.07) is 7.85. The van der Waals surface area contributed by atoms with Crippen LogP contribution in [0.2, 0.25) is 0 Å². The first-order valence-electron chi connectivity index (χ1n) is 7.35. The van der Waals surface area contributed by atoms with Gasteiger partial charge in [-0.15, -0.1) is 0 Å². The molecule has 2 aromatic rings. The van der Waals surface area contributed by atoms with Gasteiger partial charge in [0.1, 0.15) is 5.69 Å². The van der Waals surface area contributed by atoms with E-state index in [0.29, 0.717) is 11.6 Å². The third kappa shape index (κ3) is 4.38. The molecule has 1 amide bonds. The number of aromatic nitrogens is 1. The number of carbonyl (C=O) groups excluding carboxylic acids is 1. The van der Waals surface area contributed by atoms with Gasteiger partial charge in [-0.25, -0.2) is 12.7 Å². The quantitative estimate of drug-likeness (QED) is 0.854. The van der Waals surface area contributed by atoms with Crippen molar-refractivity contribution in [2.45, 2.75) is 17.6 Å². The van der Waals surface area contributed by atoms with Crippen LogP contribution in [0.1, 0.15) is 21.6 Å². The van der Waals surface area contributed by atoms with Gasteiger partial charge in [0.05, 0.1) is 10.5 Å². The average Bonchev–Trinajstić information content (AvgIpc) is 2.59. The highest BCUT2D eigenvalue weighted by Crippen LogP contribution is 2.27. The third-order valence-electron chi connectivity index (χ3n) is 3.49. The standard InChI is InChI=1S/C16H16F3N3O3S/c1-22(2)26(24,25)13-6-4-3-5-11(13)9-21-15(23)12-7-8-14(20-10-12)16(17,18)19/h3-8,10H,9H2,1-2H3,(H,21,23). The Morgan fingerprint density at radius 1 is 1.15 bits per heavy atom. The minimum absolute atomic E-state index is 0.0378. The van der Waals surface area contributed by atoms with Crippen LogP contribution in [0.15, 0.2) is 47.5 Å². The van der Waals surface area contributed by atoms with Gasteiger partial charge >= 0.3 is 6.18 Å². The maximum absolute atomic E-state index is 12.5. The molecule has 0 fully saturated rings. The number of hydrogen-bond acceptors (Lipinski definition) is 4. The Bertz CT molecular complexity index is 895. The van der Waals surface area contributed by atoms with E-state index in [-0.39, 0.29) is 17.0 Å². The fourth-order valence-corrected chi connectivity index (χ4v) is 3.19. The fraction of sp³-hybridized carbons (Fsp3) is 0.250. The molecule has 0 bridgehead atoms. The molecule has 0 aliphatic rings. The second-order valence-electron chi connectivity index (χ2n) is 5.51. The van der Waals surface area contributed by atoms with E-state index in [9.17, 15) is 26.4 Å². The van der Waals surface area contributed by atoms with Crippen molar-refractivity contribution in [2.75, 3.05) is 14.1 Å². The monoisotopic (exact) mass is 387 g/mol. The van der Waals surface area contributed by atoms with Gasteiger partial charge in [0.2, 0.25) is 10.0 Å². The zero-order valence-electron chi connectivity index (χ0n) is 13.9. The number of sulfonamides is 1. The molecule has 1 N–H and O–H groups in total. The number of benzene rings is 1. The first-order chi connectivity index (χ1) is 12.0. The molecule has 1 heterocycles. The van der Waals surface area contributed by atoms with Gasteiger partial charge in [0.15, 0.2) is 0 Å². The van der Waals surface area contributed by atoms with Crippen molar-refractivity contribution < 1.29 is 26.4 Å². The molecule has 1 aromatic heterocycles. The van der Waals surface area contributed by atoms with Crippen LogP contribution in [0.3, 0.4) is 0 Å². The van der Waals surface area contributed by atoms with E-state index in [1.807, 2.05) is 0 Å². The van der Waals surface area contributed by atoms with E-state index in [1.165, 1.54) is 20.2 Å². The highest BCUT2D eigenvalue weighted by molar-refractivity contribution is 7.89. The lowest BCUT2D eigenvalue weighted by atomic mass is 10.2. The smallest absolute Gasteiger partial charge is 0.348 e. The number of carbonyl (C=O) groups is 1. The minimum Gasteiger partial charge on any atom is -0.348 e. The van der Waals surface area contributed by atoms with Crippen LogP contribution < -0.4 is 5.32 Å². The first kappa shape index (κ1) is 19.9. The molecule has 0 saturated carbocycles. The number of alkyl halides is 3. The summed E-state index contributed by atoms with van der Waals surface area (Å²) in [7, 11) is -0.922. The summed E-state index contributed by atoms with van der Waals surface area (Å²) < 4.78 is 63.1. The Morgan fingerprint density at radius 2 is 1.81 bits per heavy atom. The second kappa shape index (κ2) is 7.42. The van der Waals surface area contributed by atoms with Crippen LogP contribution in [-0.4, -0.2) is 37.7 Å². The van der Waals surface area contributed by atoms with E-state index >= 15 is 0 Å². The molecule has 2 rings (SSSR count). The van der Waals surface area contributed by atoms with Crippen molar-refractivity contribution in [2.24, 2.45) is 0 Å². The van der Waals surface area contributed by atoms with Gasteiger partial charge in [0.25, 0.3) is 5.91 Å². The number of nitrogens with one attached hydrogen (secondary N) is 1. The van der Waals surface area contributed by atoms with Gasteiger partial charge in [-0.3, -0.25) is 9.78 Å². The molecule has 0 atom stereocenters. The van der Waals surface area contributed by atoms with E-state index in [4.69, 9.17) is 0 Å². The van der Waals surface area contributed by atoms with Gasteiger partial charge in [-0.2, -0.15) is 13.2 Å². The SMILES string of the molecule is CN(C)S(=O)(=O)c1ccccc1CNC(=O)c1ccc(C(F)(F)F)nc1. The summed E-state index contributed by atoms with van der Waals surface area (Å²) in [6.45, 7) is -0.108. The maximum Gasteiger partial charge on any atom is 0.433 e. The minimum atomic E-state index is -4.59. The van der Waals surface area contributed by atoms with Gasteiger partial charge in [0, 0.05) is 26.8 Å². The highest BCUT2D eigenvalue weighted by Gasteiger charge is 2.32.